The monoisotopic (exact) mass is 241 g/mol. The van der Waals surface area contributed by atoms with Crippen molar-refractivity contribution in [3.63, 3.8) is 0 Å². The van der Waals surface area contributed by atoms with Crippen LogP contribution < -0.4 is 5.32 Å². The second kappa shape index (κ2) is 7.01. The molecule has 0 aliphatic carbocycles. The number of aryl methyl sites for hydroxylation is 2. The number of hydrogen-bond acceptors (Lipinski definition) is 2. The summed E-state index contributed by atoms with van der Waals surface area (Å²) in [5.41, 5.74) is 2.13. The van der Waals surface area contributed by atoms with Gasteiger partial charge in [-0.3, -0.25) is 14.9 Å². The number of carbonyl (C=O) groups is 2. The Kier molecular flexibility index (Phi) is 6.42. The largest absolute Gasteiger partial charge is 0.295 e. The van der Waals surface area contributed by atoms with Gasteiger partial charge >= 0.3 is 0 Å². The molecule has 0 bridgehead atoms. The maximum Gasteiger partial charge on any atom is 0.257 e. The fourth-order valence-electron chi connectivity index (χ4n) is 1.20. The van der Waals surface area contributed by atoms with Crippen molar-refractivity contribution in [3.8, 4) is 0 Å². The van der Waals surface area contributed by atoms with Crippen LogP contribution in [0, 0.1) is 13.8 Å². The van der Waals surface area contributed by atoms with Gasteiger partial charge in [0.2, 0.25) is 6.41 Å². The van der Waals surface area contributed by atoms with E-state index in [0.717, 1.165) is 11.1 Å². The molecule has 0 aromatic heterocycles. The Morgan fingerprint density at radius 2 is 1.81 bits per heavy atom. The van der Waals surface area contributed by atoms with E-state index in [-0.39, 0.29) is 0 Å². The minimum atomic E-state index is -0.431. The van der Waals surface area contributed by atoms with Crippen molar-refractivity contribution in [2.45, 2.75) is 27.7 Å². The van der Waals surface area contributed by atoms with Crippen LogP contribution in [0.4, 0.5) is 0 Å². The summed E-state index contributed by atoms with van der Waals surface area (Å²) in [5, 5.41) is 2.59. The predicted octanol–water partition coefficient (Wildman–Crippen LogP) is 2.87. The van der Waals surface area contributed by atoms with Crippen LogP contribution in [0.1, 0.15) is 35.3 Å². The smallest absolute Gasteiger partial charge is 0.257 e. The second-order valence-electron chi connectivity index (χ2n) is 3.01. The summed E-state index contributed by atoms with van der Waals surface area (Å²) in [7, 11) is 0. The van der Waals surface area contributed by atoms with Crippen molar-refractivity contribution in [3.05, 3.63) is 33.8 Å². The average molecular weight is 242 g/mol. The number of benzene rings is 1. The van der Waals surface area contributed by atoms with Crippen LogP contribution in [-0.2, 0) is 4.79 Å². The van der Waals surface area contributed by atoms with Crippen molar-refractivity contribution in [1.29, 1.82) is 0 Å². The third-order valence-corrected chi connectivity index (χ3v) is 2.35. The number of hydrogen-bond donors (Lipinski definition) is 1. The van der Waals surface area contributed by atoms with E-state index >= 15 is 0 Å². The maximum absolute atomic E-state index is 11.3. The summed E-state index contributed by atoms with van der Waals surface area (Å²) < 4.78 is 0. The normalized spacial score (nSPS) is 8.81. The van der Waals surface area contributed by atoms with Gasteiger partial charge in [-0.15, -0.1) is 0 Å². The lowest BCUT2D eigenvalue weighted by Gasteiger charge is -2.06. The molecule has 0 heterocycles. The molecule has 0 radical (unpaired) electrons. The van der Waals surface area contributed by atoms with Crippen molar-refractivity contribution in [2.75, 3.05) is 0 Å². The first-order valence-electron chi connectivity index (χ1n) is 5.07. The first-order chi connectivity index (χ1) is 7.56. The number of amides is 2. The lowest BCUT2D eigenvalue weighted by atomic mass is 10.1. The third-order valence-electron chi connectivity index (χ3n) is 1.94. The van der Waals surface area contributed by atoms with Crippen LogP contribution in [-0.4, -0.2) is 12.3 Å². The van der Waals surface area contributed by atoms with Gasteiger partial charge in [-0.2, -0.15) is 0 Å². The molecule has 1 N–H and O–H groups in total. The standard InChI is InChI=1S/C10H10ClNO2.C2H6/c1-6-3-7(2)9(11)4-8(6)10(14)12-5-13;1-2/h3-5H,1-2H3,(H,12,13,14);1-2H3. The summed E-state index contributed by atoms with van der Waals surface area (Å²) in [5.74, 6) is -0.431. The van der Waals surface area contributed by atoms with Gasteiger partial charge < -0.3 is 0 Å². The number of halogens is 1. The molecular formula is C12H16ClNO2. The van der Waals surface area contributed by atoms with Crippen molar-refractivity contribution in [2.24, 2.45) is 0 Å². The van der Waals surface area contributed by atoms with E-state index in [4.69, 9.17) is 11.6 Å². The van der Waals surface area contributed by atoms with Gasteiger partial charge in [0.25, 0.3) is 5.91 Å². The van der Waals surface area contributed by atoms with Crippen molar-refractivity contribution < 1.29 is 9.59 Å². The average Bonchev–Trinajstić information content (AvgIpc) is 2.26. The topological polar surface area (TPSA) is 46.2 Å². The molecule has 0 spiro atoms. The molecule has 0 unspecified atom stereocenters. The highest BCUT2D eigenvalue weighted by Crippen LogP contribution is 2.20. The van der Waals surface area contributed by atoms with Crippen LogP contribution in [0.15, 0.2) is 12.1 Å². The molecule has 0 fully saturated rings. The molecule has 0 aliphatic rings. The summed E-state index contributed by atoms with van der Waals surface area (Å²) in [6, 6.07) is 3.37. The molecule has 1 aromatic carbocycles. The summed E-state index contributed by atoms with van der Waals surface area (Å²) in [4.78, 5) is 21.4. The number of carbonyl (C=O) groups excluding carboxylic acids is 2. The molecule has 16 heavy (non-hydrogen) atoms. The van der Waals surface area contributed by atoms with E-state index < -0.39 is 5.91 Å². The summed E-state index contributed by atoms with van der Waals surface area (Å²) >= 11 is 5.86. The van der Waals surface area contributed by atoms with Crippen LogP contribution in [0.3, 0.4) is 0 Å². The second-order valence-corrected chi connectivity index (χ2v) is 3.41. The quantitative estimate of drug-likeness (QED) is 0.810. The Morgan fingerprint density at radius 1 is 1.25 bits per heavy atom. The van der Waals surface area contributed by atoms with Crippen LogP contribution in [0.25, 0.3) is 0 Å². The van der Waals surface area contributed by atoms with Crippen molar-refractivity contribution in [1.82, 2.24) is 5.32 Å². The molecule has 3 nitrogen and oxygen atoms in total. The Labute approximate surface area is 101 Å². The minimum Gasteiger partial charge on any atom is -0.295 e. The van der Waals surface area contributed by atoms with Gasteiger partial charge in [0.1, 0.15) is 0 Å². The Morgan fingerprint density at radius 3 is 2.31 bits per heavy atom. The maximum atomic E-state index is 11.3. The highest BCUT2D eigenvalue weighted by Gasteiger charge is 2.10. The molecule has 0 saturated heterocycles. The first-order valence-corrected chi connectivity index (χ1v) is 5.45. The molecule has 1 aromatic rings. The summed E-state index contributed by atoms with van der Waals surface area (Å²) in [6.45, 7) is 7.65. The minimum absolute atomic E-state index is 0.357. The zero-order valence-electron chi connectivity index (χ0n) is 9.93. The van der Waals surface area contributed by atoms with E-state index in [1.165, 1.54) is 0 Å². The lowest BCUT2D eigenvalue weighted by molar-refractivity contribution is -0.108. The molecule has 4 heteroatoms. The van der Waals surface area contributed by atoms with Crippen LogP contribution in [0.5, 0.6) is 0 Å². The number of imide groups is 1. The molecule has 1 rings (SSSR count). The molecule has 88 valence electrons. The first kappa shape index (κ1) is 14.6. The van der Waals surface area contributed by atoms with E-state index in [2.05, 4.69) is 5.32 Å². The Bertz CT molecular complexity index is 389. The van der Waals surface area contributed by atoms with Gasteiger partial charge in [0.05, 0.1) is 0 Å². The highest BCUT2D eigenvalue weighted by molar-refractivity contribution is 6.31. The van der Waals surface area contributed by atoms with E-state index in [1.54, 1.807) is 13.0 Å². The molecule has 2 amide bonds. The van der Waals surface area contributed by atoms with Gasteiger partial charge in [0.15, 0.2) is 0 Å². The van der Waals surface area contributed by atoms with E-state index in [1.807, 2.05) is 26.8 Å². The molecule has 0 saturated carbocycles. The zero-order chi connectivity index (χ0) is 12.7. The summed E-state index contributed by atoms with van der Waals surface area (Å²) in [6.07, 6.45) is 0.357. The fourth-order valence-corrected chi connectivity index (χ4v) is 1.37. The van der Waals surface area contributed by atoms with Gasteiger partial charge in [0, 0.05) is 10.6 Å². The van der Waals surface area contributed by atoms with Gasteiger partial charge in [-0.1, -0.05) is 31.5 Å². The third kappa shape index (κ3) is 3.66. The van der Waals surface area contributed by atoms with Gasteiger partial charge in [-0.05, 0) is 31.0 Å². The number of nitrogens with one attached hydrogen (secondary N) is 1. The number of rotatable bonds is 2. The Hall–Kier alpha value is -1.35. The Balaban J connectivity index is 0.00000106. The lowest BCUT2D eigenvalue weighted by Crippen LogP contribution is -2.22. The molecular weight excluding hydrogens is 226 g/mol. The van der Waals surface area contributed by atoms with E-state index in [9.17, 15) is 9.59 Å². The predicted molar refractivity (Wildman–Crippen MR) is 65.8 cm³/mol. The van der Waals surface area contributed by atoms with Crippen molar-refractivity contribution >= 4 is 23.9 Å². The van der Waals surface area contributed by atoms with Crippen LogP contribution >= 0.6 is 11.6 Å². The SMILES string of the molecule is CC.Cc1cc(C)c(C(=O)NC=O)cc1Cl. The zero-order valence-corrected chi connectivity index (χ0v) is 10.7. The van der Waals surface area contributed by atoms with Gasteiger partial charge in [-0.25, -0.2) is 0 Å². The van der Waals surface area contributed by atoms with E-state index in [0.29, 0.717) is 17.0 Å². The molecule has 0 aliphatic heterocycles. The molecule has 0 atom stereocenters. The highest BCUT2D eigenvalue weighted by atomic mass is 35.5. The van der Waals surface area contributed by atoms with Crippen LogP contribution in [0.2, 0.25) is 5.02 Å². The fraction of sp³-hybridized carbons (Fsp3) is 0.333.